The molecule has 6 aliphatic heterocycles. The number of likely N-dealkylation sites (tertiary alicyclic amines) is 1. The van der Waals surface area contributed by atoms with E-state index < -0.39 is 63.6 Å². The van der Waals surface area contributed by atoms with Gasteiger partial charge in [-0.1, -0.05) is 67.3 Å². The van der Waals surface area contributed by atoms with Crippen LogP contribution in [0.1, 0.15) is 64.9 Å². The van der Waals surface area contributed by atoms with Crippen molar-refractivity contribution in [3.05, 3.63) is 94.9 Å². The molecule has 12 atom stereocenters. The van der Waals surface area contributed by atoms with Crippen molar-refractivity contribution < 1.29 is 47.9 Å². The van der Waals surface area contributed by atoms with E-state index in [0.717, 1.165) is 44.5 Å². The summed E-state index contributed by atoms with van der Waals surface area (Å²) in [5, 5.41) is 25.6. The average Bonchev–Trinajstić information content (AvgIpc) is 3.97. The van der Waals surface area contributed by atoms with Crippen LogP contribution in [0.4, 0.5) is 4.39 Å². The molecule has 2 bridgehead atoms. The van der Waals surface area contributed by atoms with Gasteiger partial charge in [0.15, 0.2) is 13.4 Å². The predicted molar refractivity (Wildman–Crippen MR) is 248 cm³/mol. The van der Waals surface area contributed by atoms with Crippen LogP contribution in [0.3, 0.4) is 0 Å². The molecule has 0 radical (unpaired) electrons. The van der Waals surface area contributed by atoms with Gasteiger partial charge in [0.1, 0.15) is 5.82 Å². The van der Waals surface area contributed by atoms with E-state index in [2.05, 4.69) is 46.2 Å². The fourth-order valence-corrected chi connectivity index (χ4v) is 15.2. The molecule has 0 aromatic heterocycles. The molecule has 2 aliphatic carbocycles. The molecule has 12 nitrogen and oxygen atoms in total. The Kier molecular flexibility index (Phi) is 11.0. The van der Waals surface area contributed by atoms with Crippen LogP contribution in [0.25, 0.3) is 16.7 Å². The lowest BCUT2D eigenvalue weighted by Gasteiger charge is -2.63. The van der Waals surface area contributed by atoms with Gasteiger partial charge in [-0.3, -0.25) is 19.4 Å². The summed E-state index contributed by atoms with van der Waals surface area (Å²) in [4.78, 5) is 50.1. The van der Waals surface area contributed by atoms with Crippen LogP contribution >= 0.6 is 0 Å². The number of methoxy groups -OCH3 is 3. The zero-order valence-corrected chi connectivity index (χ0v) is 39.3. The van der Waals surface area contributed by atoms with Gasteiger partial charge in [0, 0.05) is 75.7 Å². The first-order chi connectivity index (χ1) is 31.6. The van der Waals surface area contributed by atoms with Crippen molar-refractivity contribution in [3.8, 4) is 11.1 Å². The van der Waals surface area contributed by atoms with Crippen LogP contribution in [0.2, 0.25) is 0 Å². The van der Waals surface area contributed by atoms with Crippen LogP contribution in [-0.4, -0.2) is 147 Å². The number of ether oxygens (including phenoxy) is 4. The molecule has 350 valence electrons. The van der Waals surface area contributed by atoms with Gasteiger partial charge >= 0.3 is 17.9 Å². The number of piperidine rings is 1. The minimum atomic E-state index is -2.31. The number of esters is 3. The first-order valence-electron chi connectivity index (χ1n) is 23.8. The molecule has 1 spiro atoms. The SMILES string of the molecule is CC[C@]1(O)C[C@H]2CN(CCC3=C(Bc4ccc(-c5cccc(F)c5)cc43)[C@@](C(=O)OC)(C3C=C4C(=CC3OC)N(C)[C@H]3[C@@](O)(C(=O)OC)[C@H](OC(C)=O)[C@]5(CC)C=CCN6CC[C@]43[C@@H]65)C2)C1. The summed E-state index contributed by atoms with van der Waals surface area (Å²) in [7, 11) is 6.74. The number of carbonyl (C=O) groups is 3. The van der Waals surface area contributed by atoms with Gasteiger partial charge in [-0.15, -0.1) is 0 Å². The highest BCUT2D eigenvalue weighted by Crippen LogP contribution is 2.70. The Labute approximate surface area is 387 Å². The highest BCUT2D eigenvalue weighted by molar-refractivity contribution is 6.67. The van der Waals surface area contributed by atoms with Crippen molar-refractivity contribution in [1.29, 1.82) is 0 Å². The van der Waals surface area contributed by atoms with Gasteiger partial charge in [-0.25, -0.2) is 9.18 Å². The van der Waals surface area contributed by atoms with Gasteiger partial charge < -0.3 is 34.1 Å². The molecule has 14 heteroatoms. The van der Waals surface area contributed by atoms with Crippen molar-refractivity contribution >= 4 is 36.2 Å². The van der Waals surface area contributed by atoms with Crippen LogP contribution in [0, 0.1) is 33.9 Å². The summed E-state index contributed by atoms with van der Waals surface area (Å²) in [6.45, 7) is 8.55. The zero-order valence-electron chi connectivity index (χ0n) is 39.3. The van der Waals surface area contributed by atoms with Crippen molar-refractivity contribution in [1.82, 2.24) is 14.7 Å². The van der Waals surface area contributed by atoms with Gasteiger partial charge in [0.2, 0.25) is 5.60 Å². The minimum absolute atomic E-state index is 0.0959. The molecule has 6 heterocycles. The Morgan fingerprint density at radius 1 is 0.939 bits per heavy atom. The Bertz CT molecular complexity index is 2510. The minimum Gasteiger partial charge on any atom is -0.468 e. The normalized spacial score (nSPS) is 38.5. The molecule has 66 heavy (non-hydrogen) atoms. The number of nitrogens with zero attached hydrogens (tertiary/aromatic N) is 3. The van der Waals surface area contributed by atoms with E-state index in [-0.39, 0.29) is 23.7 Å². The maximum absolute atomic E-state index is 15.7. The van der Waals surface area contributed by atoms with Crippen LogP contribution in [0.15, 0.2) is 83.5 Å². The molecular weight excluding hydrogens is 840 g/mol. The number of hydrogen-bond donors (Lipinski definition) is 2. The molecule has 3 saturated heterocycles. The topological polar surface area (TPSA) is 138 Å². The number of rotatable bonds is 8. The van der Waals surface area contributed by atoms with E-state index in [1.807, 2.05) is 37.9 Å². The monoisotopic (exact) mass is 903 g/mol. The van der Waals surface area contributed by atoms with Gasteiger partial charge in [-0.2, -0.15) is 0 Å². The molecule has 2 N–H and O–H groups in total. The number of aliphatic hydroxyl groups is 2. The number of likely N-dealkylation sites (N-methyl/N-ethyl adjacent to an activating group) is 1. The van der Waals surface area contributed by atoms with E-state index in [4.69, 9.17) is 18.9 Å². The summed E-state index contributed by atoms with van der Waals surface area (Å²) >= 11 is 0. The Hall–Kier alpha value is -4.60. The summed E-state index contributed by atoms with van der Waals surface area (Å²) in [5.41, 5.74) is 0.983. The Morgan fingerprint density at radius 3 is 2.41 bits per heavy atom. The van der Waals surface area contributed by atoms with E-state index in [1.54, 1.807) is 19.2 Å². The third kappa shape index (κ3) is 6.16. The Morgan fingerprint density at radius 2 is 1.71 bits per heavy atom. The van der Waals surface area contributed by atoms with Gasteiger partial charge in [-0.05, 0) is 103 Å². The highest BCUT2D eigenvalue weighted by atomic mass is 19.1. The fourth-order valence-electron chi connectivity index (χ4n) is 15.2. The standard InChI is InChI=1S/C52H63BFN3O9/c1-8-48(61)26-31-27-51(46(59)64-6,42-35(16-20-56(28-31)29-48)36-23-33(14-15-39(36)53-42)32-12-10-13-34(54)22-32)38-24-37-40(25-41(38)63-5)55(4)44-50(37)18-21-57-19-11-17-49(9-2,43(50)57)45(66-30(3)58)52(44,62)47(60)65-7/h10-15,17,22-25,31,38,41,43-45,53,61-62H,8-9,16,18-21,26-29H2,1-7H3/t31-,38?,41?,43+,44-,45-,48+,49-,50-,51+,52+/m1/s1. The van der Waals surface area contributed by atoms with Crippen molar-refractivity contribution in [2.45, 2.75) is 94.8 Å². The highest BCUT2D eigenvalue weighted by Gasteiger charge is 2.81. The van der Waals surface area contributed by atoms with E-state index in [9.17, 15) is 24.2 Å². The number of hydrogen-bond acceptors (Lipinski definition) is 12. The quantitative estimate of drug-likeness (QED) is 0.169. The number of halogens is 1. The lowest BCUT2D eigenvalue weighted by atomic mass is 9.46. The van der Waals surface area contributed by atoms with E-state index in [0.29, 0.717) is 78.5 Å². The first kappa shape index (κ1) is 45.2. The average molecular weight is 904 g/mol. The van der Waals surface area contributed by atoms with Crippen molar-refractivity contribution in [2.75, 3.05) is 61.1 Å². The second kappa shape index (κ2) is 16.0. The summed E-state index contributed by atoms with van der Waals surface area (Å²) < 4.78 is 39.0. The second-order valence-electron chi connectivity index (χ2n) is 20.6. The second-order valence-corrected chi connectivity index (χ2v) is 20.6. The number of allylic oxidation sites excluding steroid dienone is 1. The van der Waals surface area contributed by atoms with E-state index in [1.165, 1.54) is 27.2 Å². The van der Waals surface area contributed by atoms with Crippen LogP contribution in [0.5, 0.6) is 0 Å². The number of benzene rings is 2. The third-order valence-corrected chi connectivity index (χ3v) is 17.6. The largest absolute Gasteiger partial charge is 0.468 e. The maximum Gasteiger partial charge on any atom is 0.344 e. The number of fused-ring (bicyclic) bond motifs is 5. The number of carbonyl (C=O) groups excluding carboxylic acids is 3. The lowest BCUT2D eigenvalue weighted by molar-refractivity contribution is -0.243. The van der Waals surface area contributed by atoms with Gasteiger partial charge in [0.25, 0.3) is 0 Å². The maximum atomic E-state index is 15.7. The smallest absolute Gasteiger partial charge is 0.344 e. The molecule has 3 unspecified atom stereocenters. The summed E-state index contributed by atoms with van der Waals surface area (Å²) in [6, 6.07) is 11.6. The zero-order chi connectivity index (χ0) is 46.7. The molecule has 8 aliphatic rings. The third-order valence-electron chi connectivity index (χ3n) is 17.6. The first-order valence-corrected chi connectivity index (χ1v) is 23.8. The predicted octanol–water partition coefficient (Wildman–Crippen LogP) is 4.34. The molecular formula is C52H63BFN3O9. The molecule has 2 aromatic carbocycles. The van der Waals surface area contributed by atoms with Crippen LogP contribution in [-0.2, 0) is 33.3 Å². The van der Waals surface area contributed by atoms with Gasteiger partial charge in [0.05, 0.1) is 37.4 Å². The van der Waals surface area contributed by atoms with Crippen molar-refractivity contribution in [2.24, 2.45) is 28.1 Å². The van der Waals surface area contributed by atoms with E-state index >= 15 is 4.79 Å². The molecule has 2 aromatic rings. The lowest BCUT2D eigenvalue weighted by Crippen LogP contribution is -2.79. The summed E-state index contributed by atoms with van der Waals surface area (Å²) in [5.74, 6) is -2.92. The summed E-state index contributed by atoms with van der Waals surface area (Å²) in [6.07, 6.45) is 9.56. The Balaban J connectivity index is 1.23. The fraction of sp³-hybridized carbons (Fsp3) is 0.558. The molecule has 10 rings (SSSR count). The molecule has 0 amide bonds. The van der Waals surface area contributed by atoms with Crippen LogP contribution < -0.4 is 5.46 Å². The van der Waals surface area contributed by atoms with Crippen molar-refractivity contribution in [3.63, 3.8) is 0 Å². The molecule has 4 fully saturated rings. The molecule has 1 saturated carbocycles.